The summed E-state index contributed by atoms with van der Waals surface area (Å²) in [6.45, 7) is -0.432. The van der Waals surface area contributed by atoms with Crippen LogP contribution in [0.3, 0.4) is 0 Å². The molecule has 12 heteroatoms. The van der Waals surface area contributed by atoms with Gasteiger partial charge in [-0.2, -0.15) is 13.2 Å². The van der Waals surface area contributed by atoms with Gasteiger partial charge >= 0.3 is 6.18 Å². The number of alkyl halides is 3. The normalized spacial score (nSPS) is 15.5. The summed E-state index contributed by atoms with van der Waals surface area (Å²) in [7, 11) is -3.45. The number of pyridine rings is 1. The average molecular weight is 489 g/mol. The van der Waals surface area contributed by atoms with Gasteiger partial charge in [0.15, 0.2) is 9.84 Å². The average Bonchev–Trinajstić information content (AvgIpc) is 3.55. The highest BCUT2D eigenvalue weighted by Crippen LogP contribution is 2.34. The molecule has 1 heterocycles. The van der Waals surface area contributed by atoms with Crippen LogP contribution in [0.4, 0.5) is 27.8 Å². The molecule has 1 atom stereocenters. The molecule has 0 unspecified atom stereocenters. The van der Waals surface area contributed by atoms with Gasteiger partial charge in [-0.1, -0.05) is 6.08 Å². The van der Waals surface area contributed by atoms with E-state index in [1.54, 1.807) is 0 Å². The second kappa shape index (κ2) is 9.46. The Balaban J connectivity index is 1.88. The molecule has 33 heavy (non-hydrogen) atoms. The first-order chi connectivity index (χ1) is 15.3. The zero-order valence-corrected chi connectivity index (χ0v) is 18.1. The van der Waals surface area contributed by atoms with Crippen LogP contribution in [-0.2, 0) is 22.6 Å². The van der Waals surface area contributed by atoms with Crippen molar-refractivity contribution in [3.8, 4) is 0 Å². The van der Waals surface area contributed by atoms with E-state index < -0.39 is 57.7 Å². The van der Waals surface area contributed by atoms with Crippen LogP contribution in [0.25, 0.3) is 0 Å². The van der Waals surface area contributed by atoms with Gasteiger partial charge in [0.05, 0.1) is 11.6 Å². The number of nitrogens with zero attached hydrogens (tertiary/aromatic N) is 1. The summed E-state index contributed by atoms with van der Waals surface area (Å²) in [4.78, 5) is 16.3. The summed E-state index contributed by atoms with van der Waals surface area (Å²) < 4.78 is 89.6. The quantitative estimate of drug-likeness (QED) is 0.546. The number of sulfone groups is 1. The minimum Gasteiger partial charge on any atom is -0.365 e. The number of carbonyl (C=O) groups excluding carboxylic acids is 1. The Labute approximate surface area is 186 Å². The van der Waals surface area contributed by atoms with Gasteiger partial charge in [0.1, 0.15) is 23.1 Å². The molecule has 0 bridgehead atoms. The van der Waals surface area contributed by atoms with Gasteiger partial charge in [-0.25, -0.2) is 22.2 Å². The van der Waals surface area contributed by atoms with Crippen LogP contribution in [0.2, 0.25) is 0 Å². The lowest BCUT2D eigenvalue weighted by molar-refractivity contribution is -0.141. The maximum absolute atomic E-state index is 13.9. The molecule has 1 saturated carbocycles. The van der Waals surface area contributed by atoms with Gasteiger partial charge in [-0.05, 0) is 49.1 Å². The maximum Gasteiger partial charge on any atom is 0.433 e. The van der Waals surface area contributed by atoms with E-state index in [0.29, 0.717) is 6.07 Å². The van der Waals surface area contributed by atoms with Crippen molar-refractivity contribution in [1.29, 1.82) is 0 Å². The highest BCUT2D eigenvalue weighted by molar-refractivity contribution is 7.93. The largest absolute Gasteiger partial charge is 0.433 e. The second-order valence-electron chi connectivity index (χ2n) is 7.67. The molecule has 0 saturated heterocycles. The summed E-state index contributed by atoms with van der Waals surface area (Å²) in [5, 5.41) is 6.02. The first kappa shape index (κ1) is 24.6. The standard InChI is InChI=1S/C21H20F5N3O3S/c1-33(31,32)9-8-17(12-2-3-12)28-20(30)15-5-7-18(21(24,25)26)29-19(15)27-11-13-10-14(22)4-6-16(13)23/h4-10,12,17H,2-3,11H2,1H3,(H,27,29)(H,28,30)/b9-8+/t17-/m1/s1. The zero-order chi connectivity index (χ0) is 24.4. The molecule has 2 aromatic rings. The van der Waals surface area contributed by atoms with E-state index in [4.69, 9.17) is 0 Å². The predicted molar refractivity (Wildman–Crippen MR) is 111 cm³/mol. The minimum absolute atomic E-state index is 0.00726. The van der Waals surface area contributed by atoms with Crippen LogP contribution in [0.1, 0.15) is 34.5 Å². The first-order valence-corrected chi connectivity index (χ1v) is 11.7. The van der Waals surface area contributed by atoms with E-state index in [1.807, 2.05) is 0 Å². The number of hydrogen-bond donors (Lipinski definition) is 2. The van der Waals surface area contributed by atoms with Crippen molar-refractivity contribution in [2.45, 2.75) is 31.6 Å². The molecule has 0 aliphatic heterocycles. The minimum atomic E-state index is -4.80. The molecule has 2 N–H and O–H groups in total. The highest BCUT2D eigenvalue weighted by Gasteiger charge is 2.35. The fraction of sp³-hybridized carbons (Fsp3) is 0.333. The molecule has 1 aliphatic rings. The van der Waals surface area contributed by atoms with E-state index in [-0.39, 0.29) is 17.0 Å². The van der Waals surface area contributed by atoms with Crippen molar-refractivity contribution in [2.24, 2.45) is 5.92 Å². The molecule has 1 aliphatic carbocycles. The third-order valence-corrected chi connectivity index (χ3v) is 5.50. The predicted octanol–water partition coefficient (Wildman–Crippen LogP) is 4.06. The van der Waals surface area contributed by atoms with E-state index in [9.17, 15) is 35.2 Å². The van der Waals surface area contributed by atoms with Crippen LogP contribution in [0.5, 0.6) is 0 Å². The molecule has 0 spiro atoms. The summed E-state index contributed by atoms with van der Waals surface area (Å²) in [6.07, 6.45) is -1.01. The number of aromatic nitrogens is 1. The van der Waals surface area contributed by atoms with Gasteiger partial charge in [-0.3, -0.25) is 4.79 Å². The molecule has 3 rings (SSSR count). The van der Waals surface area contributed by atoms with Crippen LogP contribution in [-0.4, -0.2) is 31.6 Å². The van der Waals surface area contributed by atoms with E-state index >= 15 is 0 Å². The third-order valence-electron chi connectivity index (χ3n) is 4.85. The first-order valence-electron chi connectivity index (χ1n) is 9.78. The molecule has 178 valence electrons. The molecule has 1 aromatic carbocycles. The van der Waals surface area contributed by atoms with Crippen molar-refractivity contribution in [2.75, 3.05) is 11.6 Å². The number of carbonyl (C=O) groups is 1. The number of anilines is 1. The molecule has 1 amide bonds. The molecule has 1 fully saturated rings. The Kier molecular flexibility index (Phi) is 7.06. The molecule has 6 nitrogen and oxygen atoms in total. The van der Waals surface area contributed by atoms with Crippen molar-refractivity contribution in [1.82, 2.24) is 10.3 Å². The summed E-state index contributed by atoms with van der Waals surface area (Å²) in [5.74, 6) is -2.82. The van der Waals surface area contributed by atoms with Crippen molar-refractivity contribution < 1.29 is 35.2 Å². The van der Waals surface area contributed by atoms with E-state index in [0.717, 1.165) is 48.8 Å². The van der Waals surface area contributed by atoms with Crippen molar-refractivity contribution in [3.05, 3.63) is 70.3 Å². The third kappa shape index (κ3) is 6.98. The fourth-order valence-electron chi connectivity index (χ4n) is 3.03. The molecular formula is C21H20F5N3O3S. The maximum atomic E-state index is 13.9. The molecular weight excluding hydrogens is 469 g/mol. The van der Waals surface area contributed by atoms with E-state index in [1.165, 1.54) is 6.08 Å². The highest BCUT2D eigenvalue weighted by atomic mass is 32.2. The lowest BCUT2D eigenvalue weighted by Crippen LogP contribution is -2.35. The Morgan fingerprint density at radius 2 is 1.91 bits per heavy atom. The number of benzene rings is 1. The Bertz CT molecular complexity index is 1180. The van der Waals surface area contributed by atoms with E-state index in [2.05, 4.69) is 15.6 Å². The summed E-state index contributed by atoms with van der Waals surface area (Å²) >= 11 is 0. The van der Waals surface area contributed by atoms with Gasteiger partial charge in [-0.15, -0.1) is 0 Å². The van der Waals surface area contributed by atoms with Crippen LogP contribution in [0, 0.1) is 17.6 Å². The fourth-order valence-corrected chi connectivity index (χ4v) is 3.48. The number of hydrogen-bond acceptors (Lipinski definition) is 5. The van der Waals surface area contributed by atoms with Crippen molar-refractivity contribution in [3.63, 3.8) is 0 Å². The number of nitrogens with one attached hydrogen (secondary N) is 2. The van der Waals surface area contributed by atoms with Crippen LogP contribution >= 0.6 is 0 Å². The lowest BCUT2D eigenvalue weighted by Gasteiger charge is -2.18. The summed E-state index contributed by atoms with van der Waals surface area (Å²) in [5.41, 5.74) is -1.72. The Hall–Kier alpha value is -3.02. The SMILES string of the molecule is CS(=O)(=O)/C=C/[C@@H](NC(=O)c1ccc(C(F)(F)F)nc1NCc1cc(F)ccc1F)C1CC1. The van der Waals surface area contributed by atoms with Crippen LogP contribution < -0.4 is 10.6 Å². The van der Waals surface area contributed by atoms with Gasteiger partial charge in [0, 0.05) is 23.8 Å². The zero-order valence-electron chi connectivity index (χ0n) is 17.3. The molecule has 1 aromatic heterocycles. The van der Waals surface area contributed by atoms with Gasteiger partial charge < -0.3 is 10.6 Å². The van der Waals surface area contributed by atoms with Crippen LogP contribution in [0.15, 0.2) is 41.8 Å². The lowest BCUT2D eigenvalue weighted by atomic mass is 10.1. The Morgan fingerprint density at radius 1 is 1.21 bits per heavy atom. The number of halogens is 5. The van der Waals surface area contributed by atoms with Gasteiger partial charge in [0.2, 0.25) is 0 Å². The second-order valence-corrected chi connectivity index (χ2v) is 9.61. The molecule has 0 radical (unpaired) electrons. The Morgan fingerprint density at radius 3 is 2.52 bits per heavy atom. The summed E-state index contributed by atoms with van der Waals surface area (Å²) in [6, 6.07) is 3.52. The van der Waals surface area contributed by atoms with Gasteiger partial charge in [0.25, 0.3) is 5.91 Å². The number of amides is 1. The van der Waals surface area contributed by atoms with Crippen molar-refractivity contribution >= 4 is 21.6 Å². The number of rotatable bonds is 8. The topological polar surface area (TPSA) is 88.2 Å². The monoisotopic (exact) mass is 489 g/mol. The smallest absolute Gasteiger partial charge is 0.365 e.